The number of hydrogen-bond donors (Lipinski definition) is 1. The first kappa shape index (κ1) is 12.3. The molecule has 0 aromatic heterocycles. The van der Waals surface area contributed by atoms with Crippen LogP contribution in [0.1, 0.15) is 26.2 Å². The summed E-state index contributed by atoms with van der Waals surface area (Å²) in [6.45, 7) is 5.30. The van der Waals surface area contributed by atoms with E-state index in [0.29, 0.717) is 5.41 Å². The zero-order valence-corrected chi connectivity index (χ0v) is 10.3. The Morgan fingerprint density at radius 1 is 1.36 bits per heavy atom. The first-order valence-electron chi connectivity index (χ1n) is 5.63. The number of nitrogens with one attached hydrogen (secondary N) is 1. The lowest BCUT2D eigenvalue weighted by molar-refractivity contribution is 0.0143. The van der Waals surface area contributed by atoms with Gasteiger partial charge in [-0.15, -0.1) is 0 Å². The van der Waals surface area contributed by atoms with Gasteiger partial charge < -0.3 is 10.1 Å². The summed E-state index contributed by atoms with van der Waals surface area (Å²) in [4.78, 5) is 0. The van der Waals surface area contributed by atoms with Crippen molar-refractivity contribution in [3.8, 4) is 0 Å². The molecular weight excluding hydrogens is 194 g/mol. The van der Waals surface area contributed by atoms with Crippen LogP contribution in [0.3, 0.4) is 0 Å². The van der Waals surface area contributed by atoms with Crippen molar-refractivity contribution in [2.24, 2.45) is 5.41 Å². The lowest BCUT2D eigenvalue weighted by Gasteiger charge is -2.37. The lowest BCUT2D eigenvalue weighted by Crippen LogP contribution is -2.38. The number of rotatable bonds is 6. The average molecular weight is 217 g/mol. The van der Waals surface area contributed by atoms with Crippen molar-refractivity contribution in [3.63, 3.8) is 0 Å². The summed E-state index contributed by atoms with van der Waals surface area (Å²) in [5.74, 6) is 2.55. The van der Waals surface area contributed by atoms with E-state index in [1.54, 1.807) is 0 Å². The van der Waals surface area contributed by atoms with E-state index in [0.717, 1.165) is 19.8 Å². The molecule has 0 atom stereocenters. The van der Waals surface area contributed by atoms with Gasteiger partial charge >= 0.3 is 0 Å². The summed E-state index contributed by atoms with van der Waals surface area (Å²) in [5.41, 5.74) is 0.523. The summed E-state index contributed by atoms with van der Waals surface area (Å²) in [6, 6.07) is 0. The third kappa shape index (κ3) is 3.79. The van der Waals surface area contributed by atoms with E-state index >= 15 is 0 Å². The fraction of sp³-hybridized carbons (Fsp3) is 1.00. The smallest absolute Gasteiger partial charge is 0.0471 e. The highest BCUT2D eigenvalue weighted by atomic mass is 32.2. The van der Waals surface area contributed by atoms with Gasteiger partial charge in [-0.3, -0.25) is 0 Å². The van der Waals surface area contributed by atoms with E-state index in [9.17, 15) is 0 Å². The van der Waals surface area contributed by atoms with Gasteiger partial charge in [0.25, 0.3) is 0 Å². The summed E-state index contributed by atoms with van der Waals surface area (Å²) >= 11 is 2.06. The van der Waals surface area contributed by atoms with Crippen LogP contribution in [0.5, 0.6) is 0 Å². The standard InChI is InChI=1S/C11H23NOS/c1-3-14-9-6-11(10-12-2)4-7-13-8-5-11/h12H,3-10H2,1-2H3. The normalized spacial score (nSPS) is 21.0. The molecule has 0 saturated carbocycles. The summed E-state index contributed by atoms with van der Waals surface area (Å²) in [6.07, 6.45) is 3.81. The monoisotopic (exact) mass is 217 g/mol. The van der Waals surface area contributed by atoms with Gasteiger partial charge in [-0.1, -0.05) is 6.92 Å². The van der Waals surface area contributed by atoms with Crippen LogP contribution < -0.4 is 5.32 Å². The van der Waals surface area contributed by atoms with Crippen molar-refractivity contribution in [2.75, 3.05) is 38.3 Å². The highest BCUT2D eigenvalue weighted by molar-refractivity contribution is 7.99. The molecule has 14 heavy (non-hydrogen) atoms. The van der Waals surface area contributed by atoms with Gasteiger partial charge in [0, 0.05) is 19.8 Å². The van der Waals surface area contributed by atoms with E-state index in [1.165, 1.54) is 30.8 Å². The van der Waals surface area contributed by atoms with Crippen LogP contribution in [0, 0.1) is 5.41 Å². The van der Waals surface area contributed by atoms with E-state index in [1.807, 2.05) is 0 Å². The molecule has 1 heterocycles. The van der Waals surface area contributed by atoms with Crippen molar-refractivity contribution in [1.29, 1.82) is 0 Å². The van der Waals surface area contributed by atoms with Gasteiger partial charge in [-0.2, -0.15) is 11.8 Å². The topological polar surface area (TPSA) is 21.3 Å². The van der Waals surface area contributed by atoms with E-state index in [-0.39, 0.29) is 0 Å². The maximum Gasteiger partial charge on any atom is 0.0471 e. The minimum absolute atomic E-state index is 0.523. The quantitative estimate of drug-likeness (QED) is 0.689. The highest BCUT2D eigenvalue weighted by Gasteiger charge is 2.31. The van der Waals surface area contributed by atoms with Gasteiger partial charge in [0.2, 0.25) is 0 Å². The molecule has 0 amide bonds. The van der Waals surface area contributed by atoms with Gasteiger partial charge in [0.15, 0.2) is 0 Å². The Kier molecular flexibility index (Phi) is 5.90. The fourth-order valence-corrected chi connectivity index (χ4v) is 2.99. The first-order chi connectivity index (χ1) is 6.83. The molecule has 0 aromatic rings. The molecular formula is C11H23NOS. The number of thioether (sulfide) groups is 1. The van der Waals surface area contributed by atoms with Crippen LogP contribution in [0.15, 0.2) is 0 Å². The van der Waals surface area contributed by atoms with Crippen molar-refractivity contribution >= 4 is 11.8 Å². The molecule has 2 nitrogen and oxygen atoms in total. The van der Waals surface area contributed by atoms with Crippen LogP contribution >= 0.6 is 11.8 Å². The third-order valence-corrected chi connectivity index (χ3v) is 3.99. The summed E-state index contributed by atoms with van der Waals surface area (Å²) in [5, 5.41) is 3.34. The highest BCUT2D eigenvalue weighted by Crippen LogP contribution is 2.34. The van der Waals surface area contributed by atoms with Crippen LogP contribution in [-0.4, -0.2) is 38.3 Å². The molecule has 0 radical (unpaired) electrons. The van der Waals surface area contributed by atoms with Crippen LogP contribution in [0.4, 0.5) is 0 Å². The molecule has 1 fully saturated rings. The van der Waals surface area contributed by atoms with Crippen molar-refractivity contribution in [1.82, 2.24) is 5.32 Å². The molecule has 0 aromatic carbocycles. The average Bonchev–Trinajstić information content (AvgIpc) is 2.20. The molecule has 0 aliphatic carbocycles. The Balaban J connectivity index is 2.34. The Labute approximate surface area is 92.2 Å². The SMILES string of the molecule is CCSCCC1(CNC)CCOCC1. The second kappa shape index (κ2) is 6.70. The Morgan fingerprint density at radius 2 is 2.07 bits per heavy atom. The Bertz CT molecular complexity index is 141. The predicted octanol–water partition coefficient (Wildman–Crippen LogP) is 2.15. The molecule has 0 unspecified atom stereocenters. The van der Waals surface area contributed by atoms with Gasteiger partial charge in [0.1, 0.15) is 0 Å². The zero-order chi connectivity index (χ0) is 10.3. The fourth-order valence-electron chi connectivity index (χ4n) is 2.13. The maximum atomic E-state index is 5.44. The molecule has 3 heteroatoms. The van der Waals surface area contributed by atoms with E-state index in [4.69, 9.17) is 4.74 Å². The molecule has 84 valence electrons. The molecule has 1 N–H and O–H groups in total. The van der Waals surface area contributed by atoms with Gasteiger partial charge in [-0.25, -0.2) is 0 Å². The zero-order valence-electron chi connectivity index (χ0n) is 9.47. The molecule has 0 spiro atoms. The van der Waals surface area contributed by atoms with Crippen LogP contribution in [0.25, 0.3) is 0 Å². The Hall–Kier alpha value is 0.270. The summed E-state index contributed by atoms with van der Waals surface area (Å²) < 4.78 is 5.44. The van der Waals surface area contributed by atoms with Gasteiger partial charge in [-0.05, 0) is 43.2 Å². The van der Waals surface area contributed by atoms with Crippen molar-refractivity contribution in [2.45, 2.75) is 26.2 Å². The second-order valence-electron chi connectivity index (χ2n) is 4.09. The molecule has 1 aliphatic heterocycles. The van der Waals surface area contributed by atoms with Gasteiger partial charge in [0.05, 0.1) is 0 Å². The second-order valence-corrected chi connectivity index (χ2v) is 5.48. The van der Waals surface area contributed by atoms with E-state index in [2.05, 4.69) is 31.1 Å². The molecule has 0 bridgehead atoms. The minimum Gasteiger partial charge on any atom is -0.381 e. The van der Waals surface area contributed by atoms with E-state index < -0.39 is 0 Å². The molecule has 1 saturated heterocycles. The van der Waals surface area contributed by atoms with Crippen molar-refractivity contribution < 1.29 is 4.74 Å². The van der Waals surface area contributed by atoms with Crippen LogP contribution in [0.2, 0.25) is 0 Å². The summed E-state index contributed by atoms with van der Waals surface area (Å²) in [7, 11) is 2.06. The molecule has 1 aliphatic rings. The lowest BCUT2D eigenvalue weighted by atomic mass is 9.78. The first-order valence-corrected chi connectivity index (χ1v) is 6.78. The van der Waals surface area contributed by atoms with Crippen molar-refractivity contribution in [3.05, 3.63) is 0 Å². The Morgan fingerprint density at radius 3 is 2.64 bits per heavy atom. The number of hydrogen-bond acceptors (Lipinski definition) is 3. The minimum atomic E-state index is 0.523. The molecule has 1 rings (SSSR count). The largest absolute Gasteiger partial charge is 0.381 e. The predicted molar refractivity (Wildman–Crippen MR) is 64.0 cm³/mol. The maximum absolute atomic E-state index is 5.44. The number of ether oxygens (including phenoxy) is 1. The third-order valence-electron chi connectivity index (χ3n) is 3.09. The van der Waals surface area contributed by atoms with Crippen LogP contribution in [-0.2, 0) is 4.74 Å².